The monoisotopic (exact) mass is 305 g/mol. The molecule has 0 saturated heterocycles. The first-order chi connectivity index (χ1) is 9.17. The number of alkyl halides is 3. The fourth-order valence-electron chi connectivity index (χ4n) is 1.97. The summed E-state index contributed by atoms with van der Waals surface area (Å²) in [6.45, 7) is 6.91. The molecular formula is C13H18F3N3S. The van der Waals surface area contributed by atoms with Gasteiger partial charge in [0.15, 0.2) is 5.69 Å². The summed E-state index contributed by atoms with van der Waals surface area (Å²) in [5.41, 5.74) is -0.0388. The van der Waals surface area contributed by atoms with E-state index in [1.807, 2.05) is 20.8 Å². The fourth-order valence-corrected chi connectivity index (χ4v) is 2.67. The highest BCUT2D eigenvalue weighted by molar-refractivity contribution is 7.99. The van der Waals surface area contributed by atoms with Crippen LogP contribution in [0, 0.1) is 0 Å². The van der Waals surface area contributed by atoms with E-state index in [1.165, 1.54) is 0 Å². The van der Waals surface area contributed by atoms with Crippen molar-refractivity contribution in [3.8, 4) is 0 Å². The van der Waals surface area contributed by atoms with Crippen LogP contribution in [0.2, 0.25) is 0 Å². The van der Waals surface area contributed by atoms with Crippen LogP contribution in [0.4, 0.5) is 13.2 Å². The third kappa shape index (κ3) is 3.85. The maximum absolute atomic E-state index is 13.1. The van der Waals surface area contributed by atoms with Crippen molar-refractivity contribution in [3.63, 3.8) is 0 Å². The lowest BCUT2D eigenvalue weighted by Crippen LogP contribution is -2.29. The van der Waals surface area contributed by atoms with Crippen LogP contribution in [0.5, 0.6) is 0 Å². The Morgan fingerprint density at radius 1 is 1.20 bits per heavy atom. The summed E-state index contributed by atoms with van der Waals surface area (Å²) < 4.78 is 39.3. The van der Waals surface area contributed by atoms with E-state index in [9.17, 15) is 13.2 Å². The molecule has 1 aromatic heterocycles. The van der Waals surface area contributed by atoms with Crippen molar-refractivity contribution in [1.29, 1.82) is 0 Å². The number of hydrogen-bond acceptors (Lipinski definition) is 4. The van der Waals surface area contributed by atoms with E-state index < -0.39 is 11.9 Å². The SMILES string of the molecule is CC(C)(C)SCc1nc2c(c(C(F)(F)F)n1)CNCC2. The smallest absolute Gasteiger partial charge is 0.312 e. The summed E-state index contributed by atoms with van der Waals surface area (Å²) in [5.74, 6) is 0.672. The lowest BCUT2D eigenvalue weighted by atomic mass is 10.0. The topological polar surface area (TPSA) is 37.8 Å². The second-order valence-corrected chi connectivity index (χ2v) is 7.54. The molecule has 20 heavy (non-hydrogen) atoms. The van der Waals surface area contributed by atoms with Gasteiger partial charge in [-0.25, -0.2) is 9.97 Å². The average molecular weight is 305 g/mol. The Morgan fingerprint density at radius 2 is 1.90 bits per heavy atom. The molecule has 0 spiro atoms. The lowest BCUT2D eigenvalue weighted by molar-refractivity contribution is -0.142. The predicted octanol–water partition coefficient (Wildman–Crippen LogP) is 3.17. The van der Waals surface area contributed by atoms with Gasteiger partial charge in [0.1, 0.15) is 5.82 Å². The lowest BCUT2D eigenvalue weighted by Gasteiger charge is -2.22. The molecule has 2 rings (SSSR count). The fraction of sp³-hybridized carbons (Fsp3) is 0.692. The minimum Gasteiger partial charge on any atom is -0.312 e. The molecule has 0 saturated carbocycles. The molecule has 7 heteroatoms. The molecule has 0 aliphatic carbocycles. The molecule has 0 amide bonds. The Balaban J connectivity index is 2.35. The van der Waals surface area contributed by atoms with Crippen LogP contribution in [0.15, 0.2) is 0 Å². The molecule has 1 aromatic rings. The molecule has 0 bridgehead atoms. The highest BCUT2D eigenvalue weighted by Gasteiger charge is 2.38. The van der Waals surface area contributed by atoms with Gasteiger partial charge < -0.3 is 5.32 Å². The molecular weight excluding hydrogens is 287 g/mol. The summed E-state index contributed by atoms with van der Waals surface area (Å²) in [7, 11) is 0. The van der Waals surface area contributed by atoms with Crippen molar-refractivity contribution in [2.45, 2.75) is 50.4 Å². The van der Waals surface area contributed by atoms with E-state index in [-0.39, 0.29) is 22.7 Å². The van der Waals surface area contributed by atoms with Crippen molar-refractivity contribution < 1.29 is 13.2 Å². The number of aromatic nitrogens is 2. The Kier molecular flexibility index (Phi) is 4.30. The summed E-state index contributed by atoms with van der Waals surface area (Å²) in [4.78, 5) is 8.08. The van der Waals surface area contributed by atoms with Crippen molar-refractivity contribution in [2.24, 2.45) is 0 Å². The second-order valence-electron chi connectivity index (χ2n) is 5.74. The van der Waals surface area contributed by atoms with Gasteiger partial charge in [0, 0.05) is 29.8 Å². The standard InChI is InChI=1S/C13H18F3N3S/c1-12(2,3)20-7-10-18-9-4-5-17-6-8(9)11(19-10)13(14,15)16/h17H,4-7H2,1-3H3. The molecule has 1 aliphatic rings. The maximum atomic E-state index is 13.1. The molecule has 0 atom stereocenters. The Bertz CT molecular complexity index is 495. The van der Waals surface area contributed by atoms with Crippen molar-refractivity contribution in [3.05, 3.63) is 22.8 Å². The first kappa shape index (κ1) is 15.6. The van der Waals surface area contributed by atoms with Crippen molar-refractivity contribution >= 4 is 11.8 Å². The van der Waals surface area contributed by atoms with Gasteiger partial charge >= 0.3 is 6.18 Å². The van der Waals surface area contributed by atoms with Gasteiger partial charge in [-0.15, -0.1) is 11.8 Å². The van der Waals surface area contributed by atoms with Gasteiger partial charge in [-0.3, -0.25) is 0 Å². The molecule has 1 aliphatic heterocycles. The Hall–Kier alpha value is -0.820. The summed E-state index contributed by atoms with van der Waals surface area (Å²) in [5, 5.41) is 2.94. The zero-order valence-electron chi connectivity index (χ0n) is 11.8. The minimum atomic E-state index is -4.42. The molecule has 0 aromatic carbocycles. The zero-order valence-corrected chi connectivity index (χ0v) is 12.6. The van der Waals surface area contributed by atoms with Crippen LogP contribution >= 0.6 is 11.8 Å². The molecule has 2 heterocycles. The highest BCUT2D eigenvalue weighted by atomic mass is 32.2. The number of fused-ring (bicyclic) bond motifs is 1. The van der Waals surface area contributed by atoms with E-state index >= 15 is 0 Å². The highest BCUT2D eigenvalue weighted by Crippen LogP contribution is 2.34. The van der Waals surface area contributed by atoms with Crippen LogP contribution in [0.25, 0.3) is 0 Å². The number of rotatable bonds is 2. The van der Waals surface area contributed by atoms with Gasteiger partial charge in [0.05, 0.1) is 11.4 Å². The number of halogens is 3. The van der Waals surface area contributed by atoms with E-state index in [0.717, 1.165) is 0 Å². The van der Waals surface area contributed by atoms with Crippen LogP contribution in [-0.4, -0.2) is 21.3 Å². The third-order valence-corrected chi connectivity index (χ3v) is 4.15. The molecule has 0 unspecified atom stereocenters. The third-order valence-electron chi connectivity index (χ3n) is 2.88. The minimum absolute atomic E-state index is 0.0286. The largest absolute Gasteiger partial charge is 0.433 e. The van der Waals surface area contributed by atoms with Crippen LogP contribution in [-0.2, 0) is 24.9 Å². The number of thioether (sulfide) groups is 1. The van der Waals surface area contributed by atoms with E-state index in [4.69, 9.17) is 0 Å². The van der Waals surface area contributed by atoms with Crippen LogP contribution < -0.4 is 5.32 Å². The first-order valence-electron chi connectivity index (χ1n) is 6.47. The number of hydrogen-bond donors (Lipinski definition) is 1. The Labute approximate surface area is 120 Å². The second kappa shape index (κ2) is 5.52. The molecule has 0 radical (unpaired) electrons. The van der Waals surface area contributed by atoms with Gasteiger partial charge in [0.2, 0.25) is 0 Å². The summed E-state index contributed by atoms with van der Waals surface area (Å²) >= 11 is 1.55. The first-order valence-corrected chi connectivity index (χ1v) is 7.46. The van der Waals surface area contributed by atoms with Gasteiger partial charge in [0.25, 0.3) is 0 Å². The van der Waals surface area contributed by atoms with E-state index in [0.29, 0.717) is 24.4 Å². The van der Waals surface area contributed by atoms with E-state index in [1.54, 1.807) is 11.8 Å². The summed E-state index contributed by atoms with van der Waals surface area (Å²) in [6.07, 6.45) is -3.90. The van der Waals surface area contributed by atoms with Gasteiger partial charge in [-0.1, -0.05) is 20.8 Å². The van der Waals surface area contributed by atoms with Gasteiger partial charge in [-0.2, -0.15) is 13.2 Å². The van der Waals surface area contributed by atoms with Crippen LogP contribution in [0.1, 0.15) is 43.5 Å². The average Bonchev–Trinajstić information content (AvgIpc) is 2.33. The van der Waals surface area contributed by atoms with Crippen molar-refractivity contribution in [1.82, 2.24) is 15.3 Å². The predicted molar refractivity (Wildman–Crippen MR) is 73.5 cm³/mol. The molecule has 0 fully saturated rings. The molecule has 3 nitrogen and oxygen atoms in total. The maximum Gasteiger partial charge on any atom is 0.433 e. The molecule has 112 valence electrons. The number of nitrogens with zero attached hydrogens (tertiary/aromatic N) is 2. The summed E-state index contributed by atoms with van der Waals surface area (Å²) in [6, 6.07) is 0. The van der Waals surface area contributed by atoms with Crippen LogP contribution in [0.3, 0.4) is 0 Å². The normalized spacial score (nSPS) is 16.1. The number of nitrogens with one attached hydrogen (secondary N) is 1. The Morgan fingerprint density at radius 3 is 2.50 bits per heavy atom. The quantitative estimate of drug-likeness (QED) is 0.911. The van der Waals surface area contributed by atoms with Crippen molar-refractivity contribution in [2.75, 3.05) is 6.54 Å². The van der Waals surface area contributed by atoms with E-state index in [2.05, 4.69) is 15.3 Å². The zero-order chi connectivity index (χ0) is 15.0. The molecule has 1 N–H and O–H groups in total. The van der Waals surface area contributed by atoms with Gasteiger partial charge in [-0.05, 0) is 0 Å².